The topological polar surface area (TPSA) is 19.4 Å². The van der Waals surface area contributed by atoms with Crippen molar-refractivity contribution in [2.45, 2.75) is 13.1 Å². The Morgan fingerprint density at radius 2 is 1.68 bits per heavy atom. The Bertz CT molecular complexity index is 627. The van der Waals surface area contributed by atoms with Gasteiger partial charge in [0.25, 0.3) is 0 Å². The second-order valence-corrected chi connectivity index (χ2v) is 6.51. The van der Waals surface area contributed by atoms with Crippen LogP contribution in [-0.4, -0.2) is 41.0 Å². The van der Waals surface area contributed by atoms with Crippen LogP contribution in [0.1, 0.15) is 11.1 Å². The second-order valence-electron chi connectivity index (χ2n) is 5.66. The fourth-order valence-corrected chi connectivity index (χ4v) is 3.18. The van der Waals surface area contributed by atoms with Crippen molar-refractivity contribution in [3.8, 4) is 0 Å². The van der Waals surface area contributed by atoms with E-state index in [1.54, 1.807) is 12.3 Å². The summed E-state index contributed by atoms with van der Waals surface area (Å²) in [5.74, 6) is -0.259. The predicted octanol–water partition coefficient (Wildman–Crippen LogP) is 3.30. The number of aromatic nitrogens is 1. The highest BCUT2D eigenvalue weighted by Gasteiger charge is 2.17. The molecule has 0 N–H and O–H groups in total. The van der Waals surface area contributed by atoms with Crippen LogP contribution in [0.3, 0.4) is 0 Å². The van der Waals surface area contributed by atoms with Crippen LogP contribution >= 0.6 is 15.9 Å². The van der Waals surface area contributed by atoms with Crippen LogP contribution in [0.15, 0.2) is 47.2 Å². The molecule has 3 rings (SSSR count). The molecule has 0 amide bonds. The molecule has 0 saturated carbocycles. The van der Waals surface area contributed by atoms with E-state index < -0.39 is 0 Å². The number of nitrogens with zero attached hydrogens (tertiary/aromatic N) is 3. The van der Waals surface area contributed by atoms with Crippen LogP contribution in [0.25, 0.3) is 0 Å². The van der Waals surface area contributed by atoms with Gasteiger partial charge in [0.2, 0.25) is 0 Å². The third-order valence-corrected chi connectivity index (χ3v) is 4.76. The van der Waals surface area contributed by atoms with Gasteiger partial charge in [-0.25, -0.2) is 4.39 Å². The Kier molecular flexibility index (Phi) is 5.18. The number of benzene rings is 1. The van der Waals surface area contributed by atoms with Gasteiger partial charge in [-0.05, 0) is 23.3 Å². The number of piperazine rings is 1. The number of rotatable bonds is 4. The number of pyridine rings is 1. The first-order valence-electron chi connectivity index (χ1n) is 7.48. The van der Waals surface area contributed by atoms with E-state index in [0.717, 1.165) is 44.8 Å². The van der Waals surface area contributed by atoms with E-state index in [0.29, 0.717) is 0 Å². The molecule has 0 atom stereocenters. The maximum atomic E-state index is 13.2. The maximum Gasteiger partial charge on any atom is 0.141 e. The van der Waals surface area contributed by atoms with Crippen LogP contribution in [0.2, 0.25) is 0 Å². The maximum absolute atomic E-state index is 13.2. The summed E-state index contributed by atoms with van der Waals surface area (Å²) in [6.45, 7) is 5.81. The minimum absolute atomic E-state index is 0.259. The third-order valence-electron chi connectivity index (χ3n) is 3.98. The molecule has 0 spiro atoms. The van der Waals surface area contributed by atoms with Gasteiger partial charge in [-0.15, -0.1) is 0 Å². The summed E-state index contributed by atoms with van der Waals surface area (Å²) >= 11 is 3.61. The van der Waals surface area contributed by atoms with Gasteiger partial charge in [0.05, 0.1) is 6.20 Å². The lowest BCUT2D eigenvalue weighted by atomic mass is 10.2. The van der Waals surface area contributed by atoms with Crippen LogP contribution in [0.4, 0.5) is 4.39 Å². The zero-order valence-electron chi connectivity index (χ0n) is 12.4. The molecule has 1 aliphatic rings. The largest absolute Gasteiger partial charge is 0.297 e. The van der Waals surface area contributed by atoms with Crippen molar-refractivity contribution in [3.05, 3.63) is 64.1 Å². The fraction of sp³-hybridized carbons (Fsp3) is 0.353. The molecule has 1 aliphatic heterocycles. The lowest BCUT2D eigenvalue weighted by Gasteiger charge is -2.34. The predicted molar refractivity (Wildman–Crippen MR) is 88.9 cm³/mol. The molecule has 0 radical (unpaired) electrons. The van der Waals surface area contributed by atoms with Gasteiger partial charge in [0.15, 0.2) is 0 Å². The molecule has 5 heteroatoms. The van der Waals surface area contributed by atoms with E-state index in [2.05, 4.69) is 48.9 Å². The first kappa shape index (κ1) is 15.6. The molecule has 1 aromatic heterocycles. The number of hydrogen-bond acceptors (Lipinski definition) is 3. The molecule has 2 heterocycles. The van der Waals surface area contributed by atoms with E-state index in [4.69, 9.17) is 0 Å². The molecule has 1 saturated heterocycles. The highest BCUT2D eigenvalue weighted by Crippen LogP contribution is 2.19. The van der Waals surface area contributed by atoms with Crippen LogP contribution in [0.5, 0.6) is 0 Å². The summed E-state index contributed by atoms with van der Waals surface area (Å²) in [5.41, 5.74) is 2.27. The molecule has 116 valence electrons. The normalized spacial score (nSPS) is 16.8. The molecule has 1 fully saturated rings. The van der Waals surface area contributed by atoms with E-state index in [-0.39, 0.29) is 5.82 Å². The minimum atomic E-state index is -0.259. The van der Waals surface area contributed by atoms with Crippen molar-refractivity contribution in [1.29, 1.82) is 0 Å². The lowest BCUT2D eigenvalue weighted by molar-refractivity contribution is 0.121. The molecule has 0 bridgehead atoms. The van der Waals surface area contributed by atoms with Crippen LogP contribution < -0.4 is 0 Å². The van der Waals surface area contributed by atoms with Crippen molar-refractivity contribution in [2.24, 2.45) is 0 Å². The first-order valence-corrected chi connectivity index (χ1v) is 8.27. The molecule has 1 aromatic carbocycles. The van der Waals surface area contributed by atoms with Crippen molar-refractivity contribution in [1.82, 2.24) is 14.8 Å². The Hall–Kier alpha value is -1.30. The van der Waals surface area contributed by atoms with Gasteiger partial charge in [-0.3, -0.25) is 14.8 Å². The Morgan fingerprint density at radius 3 is 2.36 bits per heavy atom. The third kappa shape index (κ3) is 4.12. The summed E-state index contributed by atoms with van der Waals surface area (Å²) in [7, 11) is 0. The smallest absolute Gasteiger partial charge is 0.141 e. The van der Waals surface area contributed by atoms with Gasteiger partial charge in [0, 0.05) is 49.9 Å². The molecular formula is C17H19BrFN3. The van der Waals surface area contributed by atoms with Crippen molar-refractivity contribution in [2.75, 3.05) is 26.2 Å². The van der Waals surface area contributed by atoms with Gasteiger partial charge < -0.3 is 0 Å². The fourth-order valence-electron chi connectivity index (χ4n) is 2.77. The number of hydrogen-bond donors (Lipinski definition) is 0. The summed E-state index contributed by atoms with van der Waals surface area (Å²) in [6, 6.07) is 9.93. The van der Waals surface area contributed by atoms with Gasteiger partial charge in [-0.2, -0.15) is 0 Å². The highest BCUT2D eigenvalue weighted by atomic mass is 79.9. The molecule has 3 nitrogen and oxygen atoms in total. The Labute approximate surface area is 138 Å². The second kappa shape index (κ2) is 7.31. The average molecular weight is 364 g/mol. The number of halogens is 2. The summed E-state index contributed by atoms with van der Waals surface area (Å²) in [5, 5.41) is 0. The lowest BCUT2D eigenvalue weighted by Crippen LogP contribution is -2.45. The Morgan fingerprint density at radius 1 is 1.00 bits per heavy atom. The van der Waals surface area contributed by atoms with E-state index in [1.165, 1.54) is 16.2 Å². The van der Waals surface area contributed by atoms with Crippen molar-refractivity contribution >= 4 is 15.9 Å². The van der Waals surface area contributed by atoms with E-state index in [9.17, 15) is 4.39 Å². The standard InChI is InChI=1S/C17H19BrFN3/c18-17-4-2-1-3-15(17)13-22-7-5-21(6-8-22)12-14-9-16(19)11-20-10-14/h1-4,9-11H,5-8,12-13H2. The zero-order chi connectivity index (χ0) is 15.4. The SMILES string of the molecule is Fc1cncc(CN2CCN(Cc3ccccc3Br)CC2)c1. The summed E-state index contributed by atoms with van der Waals surface area (Å²) in [6.07, 6.45) is 3.00. The highest BCUT2D eigenvalue weighted by molar-refractivity contribution is 9.10. The first-order chi connectivity index (χ1) is 10.7. The molecule has 0 aliphatic carbocycles. The monoisotopic (exact) mass is 363 g/mol. The zero-order valence-corrected chi connectivity index (χ0v) is 14.0. The van der Waals surface area contributed by atoms with Crippen LogP contribution in [0, 0.1) is 5.82 Å². The summed E-state index contributed by atoms with van der Waals surface area (Å²) < 4.78 is 14.3. The molecule has 2 aromatic rings. The van der Waals surface area contributed by atoms with Gasteiger partial charge in [0.1, 0.15) is 5.82 Å². The summed E-state index contributed by atoms with van der Waals surface area (Å²) in [4.78, 5) is 8.73. The van der Waals surface area contributed by atoms with Crippen molar-refractivity contribution < 1.29 is 4.39 Å². The average Bonchev–Trinajstić information content (AvgIpc) is 2.52. The van der Waals surface area contributed by atoms with Gasteiger partial charge >= 0.3 is 0 Å². The molecular weight excluding hydrogens is 345 g/mol. The van der Waals surface area contributed by atoms with Crippen LogP contribution in [-0.2, 0) is 13.1 Å². The quantitative estimate of drug-likeness (QED) is 0.830. The van der Waals surface area contributed by atoms with Gasteiger partial charge in [-0.1, -0.05) is 34.1 Å². The van der Waals surface area contributed by atoms with Crippen molar-refractivity contribution in [3.63, 3.8) is 0 Å². The van der Waals surface area contributed by atoms with E-state index in [1.807, 2.05) is 6.07 Å². The van der Waals surface area contributed by atoms with E-state index >= 15 is 0 Å². The Balaban J connectivity index is 1.51. The molecule has 0 unspecified atom stereocenters. The minimum Gasteiger partial charge on any atom is -0.297 e. The molecule has 22 heavy (non-hydrogen) atoms.